The number of hydrogen-bond donors (Lipinski definition) is 1. The van der Waals surface area contributed by atoms with E-state index in [2.05, 4.69) is 16.6 Å². The van der Waals surface area contributed by atoms with Crippen molar-refractivity contribution in [1.82, 2.24) is 5.32 Å². The second-order valence-corrected chi connectivity index (χ2v) is 3.53. The first-order valence-electron chi connectivity index (χ1n) is 5.34. The lowest BCUT2D eigenvalue weighted by Crippen LogP contribution is -2.37. The summed E-state index contributed by atoms with van der Waals surface area (Å²) in [5, 5.41) is 2.32. The predicted molar refractivity (Wildman–Crippen MR) is 65.8 cm³/mol. The number of nitrogens with one attached hydrogen (secondary N) is 1. The van der Waals surface area contributed by atoms with Crippen LogP contribution in [0, 0.1) is 0 Å². The molecular formula is C13H15NO4. The minimum Gasteiger partial charge on any atom is -0.481 e. The molecule has 0 radical (unpaired) electrons. The van der Waals surface area contributed by atoms with Gasteiger partial charge in [0, 0.05) is 0 Å². The highest BCUT2D eigenvalue weighted by atomic mass is 16.5. The van der Waals surface area contributed by atoms with Gasteiger partial charge in [0.05, 0.1) is 7.11 Å². The van der Waals surface area contributed by atoms with E-state index < -0.39 is 18.0 Å². The molecule has 1 unspecified atom stereocenters. The fourth-order valence-electron chi connectivity index (χ4n) is 1.18. The number of hydrogen-bond acceptors (Lipinski definition) is 4. The van der Waals surface area contributed by atoms with Gasteiger partial charge in [0.15, 0.2) is 6.10 Å². The molecule has 1 aromatic rings. The summed E-state index contributed by atoms with van der Waals surface area (Å²) >= 11 is 0. The van der Waals surface area contributed by atoms with Gasteiger partial charge in [0.1, 0.15) is 11.4 Å². The first-order valence-corrected chi connectivity index (χ1v) is 5.34. The second kappa shape index (κ2) is 6.44. The Morgan fingerprint density at radius 2 is 1.89 bits per heavy atom. The van der Waals surface area contributed by atoms with E-state index >= 15 is 0 Å². The summed E-state index contributed by atoms with van der Waals surface area (Å²) in [6, 6.07) is 8.91. The van der Waals surface area contributed by atoms with E-state index in [-0.39, 0.29) is 5.70 Å². The van der Waals surface area contributed by atoms with Crippen molar-refractivity contribution in [3.8, 4) is 5.75 Å². The smallest absolute Gasteiger partial charge is 0.353 e. The number of ether oxygens (including phenoxy) is 2. The van der Waals surface area contributed by atoms with Crippen LogP contribution in [-0.2, 0) is 14.3 Å². The van der Waals surface area contributed by atoms with Crippen LogP contribution in [0.2, 0.25) is 0 Å². The van der Waals surface area contributed by atoms with Gasteiger partial charge >= 0.3 is 5.97 Å². The highest BCUT2D eigenvalue weighted by molar-refractivity contribution is 5.94. The van der Waals surface area contributed by atoms with Gasteiger partial charge in [-0.05, 0) is 19.1 Å². The molecule has 0 bridgehead atoms. The highest BCUT2D eigenvalue weighted by Crippen LogP contribution is 2.10. The summed E-state index contributed by atoms with van der Waals surface area (Å²) < 4.78 is 9.80. The minimum atomic E-state index is -0.742. The molecule has 0 aliphatic carbocycles. The molecule has 1 aromatic carbocycles. The molecule has 1 atom stereocenters. The van der Waals surface area contributed by atoms with Gasteiger partial charge in [-0.15, -0.1) is 0 Å². The fraction of sp³-hybridized carbons (Fsp3) is 0.231. The Balaban J connectivity index is 2.52. The van der Waals surface area contributed by atoms with Crippen molar-refractivity contribution in [1.29, 1.82) is 0 Å². The molecule has 0 aliphatic heterocycles. The molecule has 1 rings (SSSR count). The molecule has 0 aliphatic rings. The van der Waals surface area contributed by atoms with Crippen LogP contribution in [0.4, 0.5) is 0 Å². The third-order valence-electron chi connectivity index (χ3n) is 2.13. The highest BCUT2D eigenvalue weighted by Gasteiger charge is 2.18. The molecule has 1 N–H and O–H groups in total. The Hall–Kier alpha value is -2.30. The van der Waals surface area contributed by atoms with Crippen LogP contribution in [0.1, 0.15) is 6.92 Å². The lowest BCUT2D eigenvalue weighted by Gasteiger charge is -2.14. The molecule has 0 saturated heterocycles. The number of rotatable bonds is 5. The number of carbonyl (C=O) groups is 2. The first-order chi connectivity index (χ1) is 8.54. The SMILES string of the molecule is C=C(NC(=O)C(C)Oc1ccccc1)C(=O)OC. The average Bonchev–Trinajstić information content (AvgIpc) is 2.38. The van der Waals surface area contributed by atoms with Crippen molar-refractivity contribution in [2.75, 3.05) is 7.11 Å². The van der Waals surface area contributed by atoms with E-state index in [0.29, 0.717) is 5.75 Å². The van der Waals surface area contributed by atoms with Gasteiger partial charge in [-0.1, -0.05) is 24.8 Å². The number of amides is 1. The maximum Gasteiger partial charge on any atom is 0.353 e. The van der Waals surface area contributed by atoms with Gasteiger partial charge in [0.25, 0.3) is 5.91 Å². The van der Waals surface area contributed by atoms with Crippen LogP contribution in [-0.4, -0.2) is 25.1 Å². The summed E-state index contributed by atoms with van der Waals surface area (Å²) in [6.07, 6.45) is -0.742. The van der Waals surface area contributed by atoms with Crippen molar-refractivity contribution in [2.45, 2.75) is 13.0 Å². The van der Waals surface area contributed by atoms with Crippen LogP contribution in [0.25, 0.3) is 0 Å². The predicted octanol–water partition coefficient (Wildman–Crippen LogP) is 1.26. The minimum absolute atomic E-state index is 0.119. The normalized spacial score (nSPS) is 11.2. The molecule has 0 aromatic heterocycles. The van der Waals surface area contributed by atoms with Gasteiger partial charge in [-0.2, -0.15) is 0 Å². The molecule has 18 heavy (non-hydrogen) atoms. The number of para-hydroxylation sites is 1. The van der Waals surface area contributed by atoms with E-state index in [9.17, 15) is 9.59 Å². The third kappa shape index (κ3) is 3.93. The van der Waals surface area contributed by atoms with E-state index in [1.165, 1.54) is 7.11 Å². The van der Waals surface area contributed by atoms with Crippen LogP contribution in [0.5, 0.6) is 5.75 Å². The van der Waals surface area contributed by atoms with Crippen LogP contribution >= 0.6 is 0 Å². The zero-order valence-corrected chi connectivity index (χ0v) is 10.3. The Morgan fingerprint density at radius 3 is 2.44 bits per heavy atom. The van der Waals surface area contributed by atoms with Gasteiger partial charge in [-0.3, -0.25) is 4.79 Å². The summed E-state index contributed by atoms with van der Waals surface area (Å²) in [4.78, 5) is 22.7. The number of benzene rings is 1. The van der Waals surface area contributed by atoms with Crippen molar-refractivity contribution < 1.29 is 19.1 Å². The largest absolute Gasteiger partial charge is 0.481 e. The third-order valence-corrected chi connectivity index (χ3v) is 2.13. The van der Waals surface area contributed by atoms with Crippen molar-refractivity contribution >= 4 is 11.9 Å². The zero-order valence-electron chi connectivity index (χ0n) is 10.3. The summed E-state index contributed by atoms with van der Waals surface area (Å²) in [5.41, 5.74) is -0.119. The maximum atomic E-state index is 11.7. The maximum absolute atomic E-state index is 11.7. The average molecular weight is 249 g/mol. The lowest BCUT2D eigenvalue weighted by molar-refractivity contribution is -0.138. The van der Waals surface area contributed by atoms with Gasteiger partial charge < -0.3 is 14.8 Å². The Bertz CT molecular complexity index is 442. The Labute approximate surface area is 105 Å². The van der Waals surface area contributed by atoms with Crippen LogP contribution < -0.4 is 10.1 Å². The fourth-order valence-corrected chi connectivity index (χ4v) is 1.18. The molecule has 0 spiro atoms. The van der Waals surface area contributed by atoms with E-state index in [1.54, 1.807) is 31.2 Å². The van der Waals surface area contributed by atoms with E-state index in [4.69, 9.17) is 4.74 Å². The molecule has 96 valence electrons. The van der Waals surface area contributed by atoms with Crippen molar-refractivity contribution in [3.05, 3.63) is 42.6 Å². The van der Waals surface area contributed by atoms with Crippen molar-refractivity contribution in [3.63, 3.8) is 0 Å². The van der Waals surface area contributed by atoms with Gasteiger partial charge in [0.2, 0.25) is 0 Å². The summed E-state index contributed by atoms with van der Waals surface area (Å²) in [6.45, 7) is 4.97. The number of methoxy groups -OCH3 is 1. The van der Waals surface area contributed by atoms with Gasteiger partial charge in [-0.25, -0.2) is 4.79 Å². The van der Waals surface area contributed by atoms with Crippen LogP contribution in [0.15, 0.2) is 42.6 Å². The van der Waals surface area contributed by atoms with Crippen LogP contribution in [0.3, 0.4) is 0 Å². The molecule has 0 heterocycles. The zero-order chi connectivity index (χ0) is 13.5. The monoisotopic (exact) mass is 249 g/mol. The Kier molecular flexibility index (Phi) is 4.92. The lowest BCUT2D eigenvalue weighted by atomic mass is 10.3. The standard InChI is InChI=1S/C13H15NO4/c1-9(13(16)17-3)14-12(15)10(2)18-11-7-5-4-6-8-11/h4-8,10H,1H2,2-3H3,(H,14,15). The number of esters is 1. The van der Waals surface area contributed by atoms with E-state index in [1.807, 2.05) is 6.07 Å². The van der Waals surface area contributed by atoms with E-state index in [0.717, 1.165) is 0 Å². The molecular weight excluding hydrogens is 234 g/mol. The molecule has 5 nitrogen and oxygen atoms in total. The topological polar surface area (TPSA) is 64.6 Å². The molecule has 1 amide bonds. The summed E-state index contributed by atoms with van der Waals surface area (Å²) in [5.74, 6) is -0.576. The molecule has 0 saturated carbocycles. The molecule has 0 fully saturated rings. The quantitative estimate of drug-likeness (QED) is 0.630. The van der Waals surface area contributed by atoms with Crippen molar-refractivity contribution in [2.24, 2.45) is 0 Å². The first kappa shape index (κ1) is 13.8. The second-order valence-electron chi connectivity index (χ2n) is 3.53. The molecule has 5 heteroatoms. The summed E-state index contributed by atoms with van der Waals surface area (Å²) in [7, 11) is 1.21. The number of carbonyl (C=O) groups excluding carboxylic acids is 2. The Morgan fingerprint density at radius 1 is 1.28 bits per heavy atom.